The summed E-state index contributed by atoms with van der Waals surface area (Å²) in [5, 5.41) is 0. The lowest BCUT2D eigenvalue weighted by Crippen LogP contribution is -2.00. The molecule has 0 amide bonds. The summed E-state index contributed by atoms with van der Waals surface area (Å²) in [7, 11) is 0. The summed E-state index contributed by atoms with van der Waals surface area (Å²) < 4.78 is 9.39. The zero-order chi connectivity index (χ0) is 6.24. The fourth-order valence-corrected chi connectivity index (χ4v) is 0.238. The second-order valence-corrected chi connectivity index (χ2v) is 1.15. The summed E-state index contributed by atoms with van der Waals surface area (Å²) in [5.74, 6) is 0. The molecule has 0 atom stereocenters. The van der Waals surface area contributed by atoms with E-state index in [0.717, 1.165) is 0 Å². The quantitative estimate of drug-likeness (QED) is 0.294. The minimum absolute atomic E-state index is 0.125. The zero-order valence-corrected chi connectivity index (χ0v) is 4.92. The Labute approximate surface area is 48.6 Å². The van der Waals surface area contributed by atoms with E-state index < -0.39 is 0 Å². The third-order valence-electron chi connectivity index (χ3n) is 0.557. The Morgan fingerprint density at radius 2 is 2.25 bits per heavy atom. The summed E-state index contributed by atoms with van der Waals surface area (Å²) in [6, 6.07) is 0. The first-order valence-corrected chi connectivity index (χ1v) is 2.51. The molecule has 0 rings (SSSR count). The Bertz CT molecular complexity index is 53.6. The van der Waals surface area contributed by atoms with Crippen LogP contribution < -0.4 is 0 Å². The van der Waals surface area contributed by atoms with Crippen molar-refractivity contribution < 1.29 is 14.3 Å². The van der Waals surface area contributed by atoms with Gasteiger partial charge in [-0.15, -0.1) is 0 Å². The maximum atomic E-state index is 9.59. The Hall–Kier alpha value is -0.410. The standard InChI is InChI=1S/C5H10O3/c1-2-7-5-8-4-3-6/h3H,2,4-5H2,1H3. The van der Waals surface area contributed by atoms with Gasteiger partial charge in [0.05, 0.1) is 0 Å². The Balaban J connectivity index is 2.62. The van der Waals surface area contributed by atoms with Gasteiger partial charge in [-0.1, -0.05) is 0 Å². The van der Waals surface area contributed by atoms with Gasteiger partial charge in [-0.05, 0) is 6.92 Å². The molecular weight excluding hydrogens is 108 g/mol. The van der Waals surface area contributed by atoms with Crippen molar-refractivity contribution in [3.63, 3.8) is 0 Å². The summed E-state index contributed by atoms with van der Waals surface area (Å²) >= 11 is 0. The molecule has 0 saturated heterocycles. The average Bonchev–Trinajstić information content (AvgIpc) is 1.81. The SMILES string of the molecule is CCOCOCC=O. The lowest BCUT2D eigenvalue weighted by Gasteiger charge is -1.96. The molecule has 0 fully saturated rings. The maximum Gasteiger partial charge on any atom is 0.147 e. The molecule has 0 N–H and O–H groups in total. The number of rotatable bonds is 5. The highest BCUT2D eigenvalue weighted by atomic mass is 16.7. The van der Waals surface area contributed by atoms with Crippen molar-refractivity contribution in [2.75, 3.05) is 20.0 Å². The van der Waals surface area contributed by atoms with Crippen molar-refractivity contribution in [2.24, 2.45) is 0 Å². The molecule has 0 aromatic rings. The van der Waals surface area contributed by atoms with Gasteiger partial charge in [-0.3, -0.25) is 0 Å². The lowest BCUT2D eigenvalue weighted by atomic mass is 10.8. The van der Waals surface area contributed by atoms with Crippen LogP contribution in [0.3, 0.4) is 0 Å². The molecule has 0 unspecified atom stereocenters. The van der Waals surface area contributed by atoms with Crippen molar-refractivity contribution in [3.05, 3.63) is 0 Å². The lowest BCUT2D eigenvalue weighted by molar-refractivity contribution is -0.117. The molecule has 0 aliphatic carbocycles. The van der Waals surface area contributed by atoms with Crippen LogP contribution in [0.15, 0.2) is 0 Å². The van der Waals surface area contributed by atoms with Crippen molar-refractivity contribution in [3.8, 4) is 0 Å². The molecular formula is C5H10O3. The summed E-state index contributed by atoms with van der Waals surface area (Å²) in [6.07, 6.45) is 0.693. The highest BCUT2D eigenvalue weighted by molar-refractivity contribution is 5.50. The molecule has 0 spiro atoms. The monoisotopic (exact) mass is 118 g/mol. The third kappa shape index (κ3) is 5.59. The summed E-state index contributed by atoms with van der Waals surface area (Å²) in [4.78, 5) is 9.59. The van der Waals surface area contributed by atoms with E-state index in [0.29, 0.717) is 12.9 Å². The van der Waals surface area contributed by atoms with E-state index in [2.05, 4.69) is 4.74 Å². The first-order chi connectivity index (χ1) is 3.91. The molecule has 0 aliphatic rings. The second-order valence-electron chi connectivity index (χ2n) is 1.15. The van der Waals surface area contributed by atoms with Gasteiger partial charge < -0.3 is 14.3 Å². The molecule has 0 aliphatic heterocycles. The van der Waals surface area contributed by atoms with Crippen LogP contribution >= 0.6 is 0 Å². The normalized spacial score (nSPS) is 9.12. The van der Waals surface area contributed by atoms with Crippen molar-refractivity contribution in [1.29, 1.82) is 0 Å². The highest BCUT2D eigenvalue weighted by Crippen LogP contribution is 1.73. The van der Waals surface area contributed by atoms with Crippen molar-refractivity contribution in [1.82, 2.24) is 0 Å². The largest absolute Gasteiger partial charge is 0.356 e. The second kappa shape index (κ2) is 6.59. The smallest absolute Gasteiger partial charge is 0.147 e. The number of hydrogen-bond donors (Lipinski definition) is 0. The van der Waals surface area contributed by atoms with Crippen LogP contribution in [0.25, 0.3) is 0 Å². The topological polar surface area (TPSA) is 35.5 Å². The fourth-order valence-electron chi connectivity index (χ4n) is 0.238. The third-order valence-corrected chi connectivity index (χ3v) is 0.557. The van der Waals surface area contributed by atoms with Gasteiger partial charge in [0.2, 0.25) is 0 Å². The molecule has 3 heteroatoms. The summed E-state index contributed by atoms with van der Waals surface area (Å²) in [5.41, 5.74) is 0. The van der Waals surface area contributed by atoms with Gasteiger partial charge in [-0.25, -0.2) is 0 Å². The first-order valence-electron chi connectivity index (χ1n) is 2.51. The Kier molecular flexibility index (Phi) is 6.25. The Morgan fingerprint density at radius 3 is 2.75 bits per heavy atom. The van der Waals surface area contributed by atoms with E-state index in [4.69, 9.17) is 4.74 Å². The van der Waals surface area contributed by atoms with Gasteiger partial charge in [0.25, 0.3) is 0 Å². The molecule has 0 aromatic carbocycles. The van der Waals surface area contributed by atoms with Gasteiger partial charge in [0.1, 0.15) is 19.7 Å². The number of hydrogen-bond acceptors (Lipinski definition) is 3. The average molecular weight is 118 g/mol. The first kappa shape index (κ1) is 7.59. The van der Waals surface area contributed by atoms with Gasteiger partial charge in [0.15, 0.2) is 0 Å². The van der Waals surface area contributed by atoms with Crippen LogP contribution in [0.1, 0.15) is 6.92 Å². The molecule has 8 heavy (non-hydrogen) atoms. The number of ether oxygens (including phenoxy) is 2. The minimum atomic E-state index is 0.125. The molecule has 0 bridgehead atoms. The molecule has 0 aromatic heterocycles. The van der Waals surface area contributed by atoms with E-state index in [1.165, 1.54) is 0 Å². The van der Waals surface area contributed by atoms with Crippen LogP contribution in [0.4, 0.5) is 0 Å². The van der Waals surface area contributed by atoms with Crippen LogP contribution in [0.2, 0.25) is 0 Å². The number of carbonyl (C=O) groups is 1. The van der Waals surface area contributed by atoms with E-state index in [-0.39, 0.29) is 13.4 Å². The van der Waals surface area contributed by atoms with E-state index in [9.17, 15) is 4.79 Å². The van der Waals surface area contributed by atoms with Crippen LogP contribution in [-0.4, -0.2) is 26.3 Å². The van der Waals surface area contributed by atoms with E-state index in [1.807, 2.05) is 6.92 Å². The fraction of sp³-hybridized carbons (Fsp3) is 0.800. The minimum Gasteiger partial charge on any atom is -0.356 e. The van der Waals surface area contributed by atoms with Gasteiger partial charge >= 0.3 is 0 Å². The molecule has 48 valence electrons. The summed E-state index contributed by atoms with van der Waals surface area (Å²) in [6.45, 7) is 2.83. The zero-order valence-electron chi connectivity index (χ0n) is 4.92. The van der Waals surface area contributed by atoms with Gasteiger partial charge in [0, 0.05) is 6.61 Å². The predicted octanol–water partition coefficient (Wildman–Crippen LogP) is 0.196. The van der Waals surface area contributed by atoms with Crippen molar-refractivity contribution in [2.45, 2.75) is 6.92 Å². The molecule has 3 nitrogen and oxygen atoms in total. The van der Waals surface area contributed by atoms with Crippen molar-refractivity contribution >= 4 is 6.29 Å². The predicted molar refractivity (Wildman–Crippen MR) is 28.5 cm³/mol. The van der Waals surface area contributed by atoms with Gasteiger partial charge in [-0.2, -0.15) is 0 Å². The van der Waals surface area contributed by atoms with E-state index in [1.54, 1.807) is 0 Å². The van der Waals surface area contributed by atoms with E-state index >= 15 is 0 Å². The van der Waals surface area contributed by atoms with Crippen LogP contribution in [0.5, 0.6) is 0 Å². The van der Waals surface area contributed by atoms with Crippen LogP contribution in [0, 0.1) is 0 Å². The number of aldehydes is 1. The Morgan fingerprint density at radius 1 is 1.50 bits per heavy atom. The highest BCUT2D eigenvalue weighted by Gasteiger charge is 1.80. The molecule has 0 saturated carbocycles. The molecule has 0 heterocycles. The molecule has 0 radical (unpaired) electrons. The maximum absolute atomic E-state index is 9.59. The number of carbonyl (C=O) groups excluding carboxylic acids is 1. The van der Waals surface area contributed by atoms with Crippen LogP contribution in [-0.2, 0) is 14.3 Å².